The SMILES string of the molecule is CO[C@H]1CCN(C(=O)c2cc(Cl)ncc2Cl)C1. The molecular weight excluding hydrogens is 263 g/mol. The molecule has 6 heteroatoms. The van der Waals surface area contributed by atoms with Gasteiger partial charge in [-0.15, -0.1) is 0 Å². The van der Waals surface area contributed by atoms with Gasteiger partial charge in [0.1, 0.15) is 5.15 Å². The lowest BCUT2D eigenvalue weighted by Crippen LogP contribution is -2.30. The van der Waals surface area contributed by atoms with Gasteiger partial charge in [0.05, 0.1) is 16.7 Å². The van der Waals surface area contributed by atoms with Crippen molar-refractivity contribution in [2.75, 3.05) is 20.2 Å². The van der Waals surface area contributed by atoms with Crippen LogP contribution in [0.5, 0.6) is 0 Å². The molecular formula is C11H12Cl2N2O2. The lowest BCUT2D eigenvalue weighted by Gasteiger charge is -2.16. The summed E-state index contributed by atoms with van der Waals surface area (Å²) in [6.45, 7) is 1.26. The van der Waals surface area contributed by atoms with Crippen LogP contribution in [0.4, 0.5) is 0 Å². The van der Waals surface area contributed by atoms with Gasteiger partial charge in [0, 0.05) is 26.4 Å². The highest BCUT2D eigenvalue weighted by Gasteiger charge is 2.28. The maximum absolute atomic E-state index is 12.2. The van der Waals surface area contributed by atoms with E-state index in [9.17, 15) is 4.79 Å². The predicted octanol–water partition coefficient (Wildman–Crippen LogP) is 2.25. The molecule has 92 valence electrons. The van der Waals surface area contributed by atoms with Crippen LogP contribution in [0.25, 0.3) is 0 Å². The second-order valence-corrected chi connectivity index (χ2v) is 4.68. The van der Waals surface area contributed by atoms with Crippen LogP contribution in [-0.4, -0.2) is 42.1 Å². The Kier molecular flexibility index (Phi) is 3.86. The standard InChI is InChI=1S/C11H12Cl2N2O2/c1-17-7-2-3-15(6-7)11(16)8-4-10(13)14-5-9(8)12/h4-5,7H,2-3,6H2,1H3/t7-/m0/s1. The first-order chi connectivity index (χ1) is 8.11. The largest absolute Gasteiger partial charge is 0.380 e. The molecule has 1 saturated heterocycles. The van der Waals surface area contributed by atoms with Crippen LogP contribution >= 0.6 is 23.2 Å². The molecule has 1 amide bonds. The first kappa shape index (κ1) is 12.6. The minimum absolute atomic E-state index is 0.107. The molecule has 17 heavy (non-hydrogen) atoms. The first-order valence-corrected chi connectivity index (χ1v) is 6.00. The van der Waals surface area contributed by atoms with Gasteiger partial charge in [-0.1, -0.05) is 23.2 Å². The predicted molar refractivity (Wildman–Crippen MR) is 65.6 cm³/mol. The third-order valence-corrected chi connectivity index (χ3v) is 3.33. The minimum Gasteiger partial charge on any atom is -0.380 e. The summed E-state index contributed by atoms with van der Waals surface area (Å²) in [6, 6.07) is 1.49. The molecule has 0 aromatic carbocycles. The van der Waals surface area contributed by atoms with Crippen LogP contribution in [0.3, 0.4) is 0 Å². The monoisotopic (exact) mass is 274 g/mol. The molecule has 1 aromatic heterocycles. The fraction of sp³-hybridized carbons (Fsp3) is 0.455. The van der Waals surface area contributed by atoms with Crippen LogP contribution in [0, 0.1) is 0 Å². The van der Waals surface area contributed by atoms with Crippen molar-refractivity contribution in [3.8, 4) is 0 Å². The van der Waals surface area contributed by atoms with Gasteiger partial charge >= 0.3 is 0 Å². The van der Waals surface area contributed by atoms with Gasteiger partial charge in [-0.05, 0) is 12.5 Å². The normalized spacial score (nSPS) is 19.7. The topological polar surface area (TPSA) is 42.4 Å². The number of amides is 1. The zero-order valence-electron chi connectivity index (χ0n) is 9.32. The van der Waals surface area contributed by atoms with E-state index in [2.05, 4.69) is 4.98 Å². The summed E-state index contributed by atoms with van der Waals surface area (Å²) in [5.41, 5.74) is 0.392. The Labute approximate surface area is 109 Å². The Bertz CT molecular complexity index is 439. The van der Waals surface area contributed by atoms with Crippen LogP contribution in [0.2, 0.25) is 10.2 Å². The Hall–Kier alpha value is -0.840. The molecule has 1 aromatic rings. The van der Waals surface area contributed by atoms with Gasteiger partial charge in [0.15, 0.2) is 0 Å². The Morgan fingerprint density at radius 2 is 2.35 bits per heavy atom. The Morgan fingerprint density at radius 1 is 1.59 bits per heavy atom. The van der Waals surface area contributed by atoms with E-state index in [1.54, 1.807) is 12.0 Å². The van der Waals surface area contributed by atoms with Crippen molar-refractivity contribution >= 4 is 29.1 Å². The molecule has 0 N–H and O–H groups in total. The van der Waals surface area contributed by atoms with Crippen LogP contribution < -0.4 is 0 Å². The molecule has 0 unspecified atom stereocenters. The first-order valence-electron chi connectivity index (χ1n) is 5.25. The summed E-state index contributed by atoms with van der Waals surface area (Å²) in [6.07, 6.45) is 2.34. The van der Waals surface area contributed by atoms with E-state index in [-0.39, 0.29) is 17.2 Å². The molecule has 1 aliphatic rings. The van der Waals surface area contributed by atoms with E-state index in [1.807, 2.05) is 0 Å². The number of likely N-dealkylation sites (tertiary alicyclic amines) is 1. The number of methoxy groups -OCH3 is 1. The molecule has 2 rings (SSSR count). The minimum atomic E-state index is -0.126. The summed E-state index contributed by atoms with van der Waals surface area (Å²) in [5, 5.41) is 0.584. The van der Waals surface area contributed by atoms with Crippen molar-refractivity contribution < 1.29 is 9.53 Å². The molecule has 0 aliphatic carbocycles. The maximum atomic E-state index is 12.2. The summed E-state index contributed by atoms with van der Waals surface area (Å²) >= 11 is 11.7. The molecule has 2 heterocycles. The lowest BCUT2D eigenvalue weighted by atomic mass is 10.2. The number of rotatable bonds is 2. The molecule has 1 atom stereocenters. The molecule has 0 saturated carbocycles. The number of hydrogen-bond donors (Lipinski definition) is 0. The summed E-state index contributed by atoms with van der Waals surface area (Å²) in [4.78, 5) is 17.7. The fourth-order valence-corrected chi connectivity index (χ4v) is 2.19. The number of halogens is 2. The summed E-state index contributed by atoms with van der Waals surface area (Å²) < 4.78 is 5.22. The zero-order chi connectivity index (χ0) is 12.4. The number of pyridine rings is 1. The van der Waals surface area contributed by atoms with E-state index < -0.39 is 0 Å². The highest BCUT2D eigenvalue weighted by atomic mass is 35.5. The number of aromatic nitrogens is 1. The van der Waals surface area contributed by atoms with Gasteiger partial charge in [-0.2, -0.15) is 0 Å². The number of ether oxygens (including phenoxy) is 1. The molecule has 1 fully saturated rings. The number of carbonyl (C=O) groups excluding carboxylic acids is 1. The van der Waals surface area contributed by atoms with E-state index in [0.29, 0.717) is 23.7 Å². The third-order valence-electron chi connectivity index (χ3n) is 2.82. The van der Waals surface area contributed by atoms with E-state index in [4.69, 9.17) is 27.9 Å². The maximum Gasteiger partial charge on any atom is 0.255 e. The van der Waals surface area contributed by atoms with Gasteiger partial charge in [0.25, 0.3) is 5.91 Å². The second kappa shape index (κ2) is 5.21. The number of nitrogens with zero attached hydrogens (tertiary/aromatic N) is 2. The Balaban J connectivity index is 2.17. The molecule has 4 nitrogen and oxygen atoms in total. The number of carbonyl (C=O) groups is 1. The fourth-order valence-electron chi connectivity index (χ4n) is 1.85. The number of hydrogen-bond acceptors (Lipinski definition) is 3. The van der Waals surface area contributed by atoms with Crippen LogP contribution in [-0.2, 0) is 4.74 Å². The molecule has 0 bridgehead atoms. The molecule has 0 radical (unpaired) electrons. The van der Waals surface area contributed by atoms with Crippen LogP contribution in [0.1, 0.15) is 16.8 Å². The van der Waals surface area contributed by atoms with Gasteiger partial charge in [0.2, 0.25) is 0 Å². The summed E-state index contributed by atoms with van der Waals surface area (Å²) in [5.74, 6) is -0.126. The van der Waals surface area contributed by atoms with Crippen LogP contribution in [0.15, 0.2) is 12.3 Å². The zero-order valence-corrected chi connectivity index (χ0v) is 10.8. The van der Waals surface area contributed by atoms with Gasteiger partial charge < -0.3 is 9.64 Å². The third kappa shape index (κ3) is 2.70. The van der Waals surface area contributed by atoms with Gasteiger partial charge in [-0.25, -0.2) is 4.98 Å². The average molecular weight is 275 g/mol. The van der Waals surface area contributed by atoms with E-state index in [1.165, 1.54) is 12.3 Å². The van der Waals surface area contributed by atoms with Crippen molar-refractivity contribution in [1.82, 2.24) is 9.88 Å². The average Bonchev–Trinajstić information content (AvgIpc) is 2.80. The van der Waals surface area contributed by atoms with Crippen molar-refractivity contribution in [1.29, 1.82) is 0 Å². The van der Waals surface area contributed by atoms with Crippen molar-refractivity contribution in [3.05, 3.63) is 28.0 Å². The highest BCUT2D eigenvalue weighted by molar-refractivity contribution is 6.35. The second-order valence-electron chi connectivity index (χ2n) is 3.88. The van der Waals surface area contributed by atoms with E-state index >= 15 is 0 Å². The lowest BCUT2D eigenvalue weighted by molar-refractivity contribution is 0.0724. The van der Waals surface area contributed by atoms with Crippen molar-refractivity contribution in [2.24, 2.45) is 0 Å². The molecule has 0 spiro atoms. The van der Waals surface area contributed by atoms with Crippen molar-refractivity contribution in [3.63, 3.8) is 0 Å². The quantitative estimate of drug-likeness (QED) is 0.777. The highest BCUT2D eigenvalue weighted by Crippen LogP contribution is 2.22. The Morgan fingerprint density at radius 3 is 3.00 bits per heavy atom. The molecule has 1 aliphatic heterocycles. The smallest absolute Gasteiger partial charge is 0.255 e. The van der Waals surface area contributed by atoms with E-state index in [0.717, 1.165) is 6.42 Å². The summed E-state index contributed by atoms with van der Waals surface area (Å²) in [7, 11) is 1.65. The van der Waals surface area contributed by atoms with Crippen molar-refractivity contribution in [2.45, 2.75) is 12.5 Å². The van der Waals surface area contributed by atoms with Gasteiger partial charge in [-0.3, -0.25) is 4.79 Å².